The number of nitrogens with one attached hydrogen (secondary N) is 1. The first-order chi connectivity index (χ1) is 15.4. The van der Waals surface area contributed by atoms with Gasteiger partial charge in [0.05, 0.1) is 30.1 Å². The Bertz CT molecular complexity index is 1150. The molecule has 3 heterocycles. The first-order valence-electron chi connectivity index (χ1n) is 10.3. The van der Waals surface area contributed by atoms with E-state index >= 15 is 0 Å². The van der Waals surface area contributed by atoms with E-state index in [-0.39, 0.29) is 11.9 Å². The number of amides is 2. The molecule has 11 heteroatoms. The number of aromatic nitrogens is 4. The second-order valence-corrected chi connectivity index (χ2v) is 7.63. The summed E-state index contributed by atoms with van der Waals surface area (Å²) in [7, 11) is 1.82. The number of carbonyl (C=O) groups is 2. The summed E-state index contributed by atoms with van der Waals surface area (Å²) in [5.74, 6) is 1.03. The highest BCUT2D eigenvalue weighted by molar-refractivity contribution is 6.08. The number of hydrogen-bond acceptors (Lipinski definition) is 7. The molecule has 0 radical (unpaired) electrons. The second-order valence-electron chi connectivity index (χ2n) is 7.63. The van der Waals surface area contributed by atoms with Crippen LogP contribution in [0.15, 0.2) is 30.7 Å². The first-order valence-corrected chi connectivity index (χ1v) is 10.3. The molecular weight excluding hydrogens is 414 g/mol. The van der Waals surface area contributed by atoms with Gasteiger partial charge in [0.25, 0.3) is 5.91 Å². The molecule has 0 bridgehead atoms. The molecular formula is C21H25N7O4. The molecule has 1 aromatic carbocycles. The zero-order valence-corrected chi connectivity index (χ0v) is 18.1. The van der Waals surface area contributed by atoms with Gasteiger partial charge in [-0.1, -0.05) is 0 Å². The lowest BCUT2D eigenvalue weighted by Gasteiger charge is -2.38. The van der Waals surface area contributed by atoms with Crippen LogP contribution in [0.5, 0.6) is 5.75 Å². The van der Waals surface area contributed by atoms with Crippen LogP contribution >= 0.6 is 0 Å². The third-order valence-corrected chi connectivity index (χ3v) is 5.34. The van der Waals surface area contributed by atoms with Crippen molar-refractivity contribution in [1.29, 1.82) is 0 Å². The van der Waals surface area contributed by atoms with Crippen molar-refractivity contribution in [3.8, 4) is 5.75 Å². The maximum absolute atomic E-state index is 12.9. The monoisotopic (exact) mass is 439 g/mol. The number of nitrogens with zero attached hydrogens (tertiary/aromatic N) is 6. The largest absolute Gasteiger partial charge is 0.493 e. The van der Waals surface area contributed by atoms with E-state index in [0.717, 1.165) is 10.9 Å². The predicted octanol–water partition coefficient (Wildman–Crippen LogP) is 2.20. The summed E-state index contributed by atoms with van der Waals surface area (Å²) < 4.78 is 7.33. The molecule has 11 nitrogen and oxygen atoms in total. The highest BCUT2D eigenvalue weighted by atomic mass is 16.5. The minimum Gasteiger partial charge on any atom is -0.493 e. The van der Waals surface area contributed by atoms with E-state index in [9.17, 15) is 14.7 Å². The quantitative estimate of drug-likeness (QED) is 0.620. The fraction of sp³-hybridized carbons (Fsp3) is 0.381. The zero-order valence-electron chi connectivity index (χ0n) is 18.1. The Hall–Kier alpha value is -3.89. The fourth-order valence-electron chi connectivity index (χ4n) is 3.81. The lowest BCUT2D eigenvalue weighted by molar-refractivity contribution is 0.102. The van der Waals surface area contributed by atoms with Crippen LogP contribution in [0.3, 0.4) is 0 Å². The Morgan fingerprint density at radius 3 is 2.72 bits per heavy atom. The molecule has 0 unspecified atom stereocenters. The number of hydrogen-bond donors (Lipinski definition) is 2. The van der Waals surface area contributed by atoms with Gasteiger partial charge in [0, 0.05) is 50.4 Å². The van der Waals surface area contributed by atoms with Crippen LogP contribution in [0.1, 0.15) is 24.2 Å². The first kappa shape index (κ1) is 21.3. The number of rotatable bonds is 5. The number of piperazine rings is 1. The van der Waals surface area contributed by atoms with E-state index in [1.54, 1.807) is 23.0 Å². The summed E-state index contributed by atoms with van der Waals surface area (Å²) in [5, 5.41) is 17.2. The third kappa shape index (κ3) is 4.27. The van der Waals surface area contributed by atoms with Gasteiger partial charge in [-0.2, -0.15) is 5.10 Å². The van der Waals surface area contributed by atoms with Gasteiger partial charge in [-0.25, -0.2) is 14.8 Å². The SMILES string of the molecule is CCOc1cc2nn(C)cc2cc1C(=O)Nc1cnc(N2CCN(C(=O)O)[C@@H](C)C2)cn1. The van der Waals surface area contributed by atoms with Crippen LogP contribution in [0.4, 0.5) is 16.4 Å². The Kier molecular flexibility index (Phi) is 5.80. The fourth-order valence-corrected chi connectivity index (χ4v) is 3.81. The maximum atomic E-state index is 12.9. The van der Waals surface area contributed by atoms with Gasteiger partial charge in [-0.15, -0.1) is 0 Å². The number of anilines is 2. The van der Waals surface area contributed by atoms with Crippen molar-refractivity contribution < 1.29 is 19.4 Å². The number of aryl methyl sites for hydroxylation is 1. The molecule has 1 saturated heterocycles. The Labute approximate surface area is 184 Å². The van der Waals surface area contributed by atoms with Gasteiger partial charge < -0.3 is 25.0 Å². The molecule has 3 aromatic rings. The lowest BCUT2D eigenvalue weighted by atomic mass is 10.1. The van der Waals surface area contributed by atoms with E-state index < -0.39 is 6.09 Å². The lowest BCUT2D eigenvalue weighted by Crippen LogP contribution is -2.53. The highest BCUT2D eigenvalue weighted by Gasteiger charge is 2.28. The Morgan fingerprint density at radius 1 is 1.25 bits per heavy atom. The summed E-state index contributed by atoms with van der Waals surface area (Å²) in [6, 6.07) is 3.34. The minimum absolute atomic E-state index is 0.151. The number of fused-ring (bicyclic) bond motifs is 1. The Balaban J connectivity index is 1.48. The standard InChI is InChI=1S/C21H25N7O4/c1-4-32-17-8-16-14(12-26(3)25-16)7-15(17)20(29)24-18-9-23-19(10-22-18)27-5-6-28(21(30)31)13(2)11-27/h7-10,12-13H,4-6,11H2,1-3H3,(H,30,31)(H,22,24,29)/t13-/m0/s1. The smallest absolute Gasteiger partial charge is 0.407 e. The molecule has 0 saturated carbocycles. The molecule has 2 aromatic heterocycles. The van der Waals surface area contributed by atoms with Crippen LogP contribution < -0.4 is 15.0 Å². The number of carboxylic acid groups (broad SMARTS) is 1. The molecule has 0 aliphatic carbocycles. The van der Waals surface area contributed by atoms with Gasteiger partial charge in [0.15, 0.2) is 5.82 Å². The van der Waals surface area contributed by atoms with E-state index in [1.165, 1.54) is 11.1 Å². The van der Waals surface area contributed by atoms with Crippen LogP contribution in [0.2, 0.25) is 0 Å². The van der Waals surface area contributed by atoms with Crippen molar-refractivity contribution >= 4 is 34.5 Å². The van der Waals surface area contributed by atoms with Gasteiger partial charge >= 0.3 is 6.09 Å². The van der Waals surface area contributed by atoms with Crippen LogP contribution in [-0.2, 0) is 7.05 Å². The van der Waals surface area contributed by atoms with Crippen molar-refractivity contribution in [3.63, 3.8) is 0 Å². The van der Waals surface area contributed by atoms with Crippen LogP contribution in [-0.4, -0.2) is 74.0 Å². The molecule has 1 atom stereocenters. The van der Waals surface area contributed by atoms with Crippen molar-refractivity contribution in [2.45, 2.75) is 19.9 Å². The molecule has 168 valence electrons. The highest BCUT2D eigenvalue weighted by Crippen LogP contribution is 2.26. The number of carbonyl (C=O) groups excluding carboxylic acids is 1. The molecule has 2 amide bonds. The van der Waals surface area contributed by atoms with Crippen LogP contribution in [0.25, 0.3) is 10.9 Å². The van der Waals surface area contributed by atoms with E-state index in [2.05, 4.69) is 20.4 Å². The summed E-state index contributed by atoms with van der Waals surface area (Å²) in [6.45, 7) is 5.58. The second kappa shape index (κ2) is 8.69. The normalized spacial score (nSPS) is 16.3. The summed E-state index contributed by atoms with van der Waals surface area (Å²) in [6.07, 6.45) is 3.98. The molecule has 1 aliphatic heterocycles. The third-order valence-electron chi connectivity index (χ3n) is 5.34. The zero-order chi connectivity index (χ0) is 22.8. The van der Waals surface area contributed by atoms with Gasteiger partial charge in [0.2, 0.25) is 0 Å². The van der Waals surface area contributed by atoms with Crippen LogP contribution in [0, 0.1) is 0 Å². The Morgan fingerprint density at radius 2 is 2.06 bits per heavy atom. The topological polar surface area (TPSA) is 126 Å². The van der Waals surface area contributed by atoms with E-state index in [1.807, 2.05) is 32.0 Å². The van der Waals surface area contributed by atoms with Crippen molar-refractivity contribution in [2.24, 2.45) is 7.05 Å². The molecule has 2 N–H and O–H groups in total. The maximum Gasteiger partial charge on any atom is 0.407 e. The van der Waals surface area contributed by atoms with Crippen molar-refractivity contribution in [2.75, 3.05) is 36.5 Å². The van der Waals surface area contributed by atoms with Crippen molar-refractivity contribution in [1.82, 2.24) is 24.6 Å². The van der Waals surface area contributed by atoms with Crippen molar-refractivity contribution in [3.05, 3.63) is 36.3 Å². The number of benzene rings is 1. The predicted molar refractivity (Wildman–Crippen MR) is 118 cm³/mol. The molecule has 4 rings (SSSR count). The van der Waals surface area contributed by atoms with Gasteiger partial charge in [-0.3, -0.25) is 9.48 Å². The number of ether oxygens (including phenoxy) is 1. The van der Waals surface area contributed by atoms with E-state index in [0.29, 0.717) is 49.2 Å². The molecule has 32 heavy (non-hydrogen) atoms. The molecule has 1 aliphatic rings. The average Bonchev–Trinajstić information content (AvgIpc) is 3.12. The average molecular weight is 439 g/mol. The van der Waals surface area contributed by atoms with Gasteiger partial charge in [0.1, 0.15) is 11.6 Å². The summed E-state index contributed by atoms with van der Waals surface area (Å²) >= 11 is 0. The summed E-state index contributed by atoms with van der Waals surface area (Å²) in [4.78, 5) is 36.3. The molecule has 0 spiro atoms. The minimum atomic E-state index is -0.919. The van der Waals surface area contributed by atoms with Gasteiger partial charge in [-0.05, 0) is 19.9 Å². The summed E-state index contributed by atoms with van der Waals surface area (Å²) in [5.41, 5.74) is 1.13. The van der Waals surface area contributed by atoms with E-state index in [4.69, 9.17) is 4.74 Å². The molecule has 1 fully saturated rings.